The number of nitrogens with zero attached hydrogens (tertiary/aromatic N) is 2. The fraction of sp³-hybridized carbons (Fsp3) is 0.600. The summed E-state index contributed by atoms with van der Waals surface area (Å²) >= 11 is 5.92. The zero-order valence-corrected chi connectivity index (χ0v) is 10.3. The number of aromatic nitrogens is 2. The number of morpholine rings is 1. The fourth-order valence-electron chi connectivity index (χ4n) is 1.89. The third-order valence-electron chi connectivity index (χ3n) is 2.91. The van der Waals surface area contributed by atoms with Crippen LogP contribution in [0.4, 0.5) is 5.82 Å². The molecule has 94 valence electrons. The molecule has 0 aromatic carbocycles. The van der Waals surface area contributed by atoms with Crippen molar-refractivity contribution in [3.63, 3.8) is 0 Å². The number of amides is 1. The second kappa shape index (κ2) is 4.93. The van der Waals surface area contributed by atoms with Crippen LogP contribution in [0.2, 0.25) is 5.02 Å². The van der Waals surface area contributed by atoms with Crippen LogP contribution in [0.15, 0.2) is 0 Å². The lowest BCUT2D eigenvalue weighted by Crippen LogP contribution is -2.48. The molecule has 0 radical (unpaired) electrons. The highest BCUT2D eigenvalue weighted by Gasteiger charge is 2.29. The molecule has 1 aliphatic rings. The molecule has 0 unspecified atom stereocenters. The van der Waals surface area contributed by atoms with E-state index in [1.807, 2.05) is 6.92 Å². The van der Waals surface area contributed by atoms with Crippen LogP contribution in [0.1, 0.15) is 23.8 Å². The van der Waals surface area contributed by atoms with Crippen molar-refractivity contribution in [1.29, 1.82) is 0 Å². The number of anilines is 1. The number of carbonyl (C=O) groups is 1. The zero-order valence-electron chi connectivity index (χ0n) is 9.57. The van der Waals surface area contributed by atoms with Gasteiger partial charge in [-0.1, -0.05) is 18.5 Å². The average molecular weight is 259 g/mol. The summed E-state index contributed by atoms with van der Waals surface area (Å²) in [5.74, 6) is -0.0225. The standard InChI is InChI=1S/C10H15ClN4O2/c1-2-6-5-17-4-3-15(6)10(16)8-7(11)9(12)14-13-8/h6H,2-5H2,1H3,(H3,12,13,14)/t6-/m0/s1. The summed E-state index contributed by atoms with van der Waals surface area (Å²) in [7, 11) is 0. The van der Waals surface area contributed by atoms with Gasteiger partial charge in [0.15, 0.2) is 5.82 Å². The third kappa shape index (κ3) is 2.23. The van der Waals surface area contributed by atoms with Crippen molar-refractivity contribution in [3.8, 4) is 0 Å². The Morgan fingerprint density at radius 2 is 2.53 bits per heavy atom. The van der Waals surface area contributed by atoms with E-state index in [4.69, 9.17) is 22.1 Å². The molecule has 1 atom stereocenters. The van der Waals surface area contributed by atoms with Gasteiger partial charge >= 0.3 is 0 Å². The Hall–Kier alpha value is -1.27. The Morgan fingerprint density at radius 1 is 1.76 bits per heavy atom. The maximum atomic E-state index is 12.3. The van der Waals surface area contributed by atoms with Crippen molar-refractivity contribution in [2.45, 2.75) is 19.4 Å². The van der Waals surface area contributed by atoms with Crippen molar-refractivity contribution in [2.75, 3.05) is 25.5 Å². The lowest BCUT2D eigenvalue weighted by Gasteiger charge is -2.34. The summed E-state index contributed by atoms with van der Waals surface area (Å²) in [5, 5.41) is 6.49. The maximum Gasteiger partial charge on any atom is 0.273 e. The molecule has 3 N–H and O–H groups in total. The van der Waals surface area contributed by atoms with E-state index in [2.05, 4.69) is 10.2 Å². The molecule has 2 rings (SSSR count). The van der Waals surface area contributed by atoms with Crippen LogP contribution in [-0.2, 0) is 4.74 Å². The first-order valence-corrected chi connectivity index (χ1v) is 5.91. The van der Waals surface area contributed by atoms with E-state index in [-0.39, 0.29) is 28.5 Å². The van der Waals surface area contributed by atoms with Crippen LogP contribution in [0, 0.1) is 0 Å². The summed E-state index contributed by atoms with van der Waals surface area (Å²) in [4.78, 5) is 14.0. The van der Waals surface area contributed by atoms with Crippen LogP contribution >= 0.6 is 11.6 Å². The van der Waals surface area contributed by atoms with Crippen LogP contribution in [0.3, 0.4) is 0 Å². The highest BCUT2D eigenvalue weighted by Crippen LogP contribution is 2.23. The predicted molar refractivity (Wildman–Crippen MR) is 63.9 cm³/mol. The molecule has 1 fully saturated rings. The number of aromatic amines is 1. The number of hydrogen-bond donors (Lipinski definition) is 2. The van der Waals surface area contributed by atoms with Crippen LogP contribution < -0.4 is 5.73 Å². The van der Waals surface area contributed by atoms with Crippen molar-refractivity contribution >= 4 is 23.3 Å². The molecule has 0 spiro atoms. The first kappa shape index (κ1) is 12.2. The number of hydrogen-bond acceptors (Lipinski definition) is 4. The minimum atomic E-state index is -0.172. The molecule has 7 heteroatoms. The van der Waals surface area contributed by atoms with E-state index in [0.717, 1.165) is 6.42 Å². The number of H-pyrrole nitrogens is 1. The summed E-state index contributed by atoms with van der Waals surface area (Å²) < 4.78 is 5.35. The number of nitrogens with one attached hydrogen (secondary N) is 1. The highest BCUT2D eigenvalue weighted by molar-refractivity contribution is 6.35. The number of carbonyl (C=O) groups excluding carboxylic acids is 1. The summed E-state index contributed by atoms with van der Waals surface area (Å²) in [6, 6.07) is 0.0804. The molecule has 0 aliphatic carbocycles. The number of ether oxygens (including phenoxy) is 1. The van der Waals surface area contributed by atoms with E-state index in [1.54, 1.807) is 4.90 Å². The SMILES string of the molecule is CC[C@H]1COCCN1C(=O)c1[nH]nc(N)c1Cl. The first-order valence-electron chi connectivity index (χ1n) is 5.53. The van der Waals surface area contributed by atoms with Gasteiger partial charge < -0.3 is 15.4 Å². The third-order valence-corrected chi connectivity index (χ3v) is 3.29. The quantitative estimate of drug-likeness (QED) is 0.825. The number of rotatable bonds is 2. The zero-order chi connectivity index (χ0) is 12.4. The Morgan fingerprint density at radius 3 is 3.12 bits per heavy atom. The van der Waals surface area contributed by atoms with Gasteiger partial charge in [0.05, 0.1) is 19.3 Å². The van der Waals surface area contributed by atoms with Gasteiger partial charge in [0.2, 0.25) is 0 Å². The van der Waals surface area contributed by atoms with Gasteiger partial charge in [-0.05, 0) is 6.42 Å². The van der Waals surface area contributed by atoms with Gasteiger partial charge in [-0.3, -0.25) is 9.89 Å². The van der Waals surface area contributed by atoms with E-state index >= 15 is 0 Å². The molecular formula is C10H15ClN4O2. The Labute approximate surface area is 104 Å². The van der Waals surface area contributed by atoms with Crippen molar-refractivity contribution < 1.29 is 9.53 Å². The lowest BCUT2D eigenvalue weighted by molar-refractivity contribution is -0.00309. The normalized spacial score (nSPS) is 20.6. The smallest absolute Gasteiger partial charge is 0.273 e. The molecule has 1 aromatic heterocycles. The van der Waals surface area contributed by atoms with E-state index in [0.29, 0.717) is 19.8 Å². The van der Waals surface area contributed by atoms with Crippen molar-refractivity contribution in [3.05, 3.63) is 10.7 Å². The van der Waals surface area contributed by atoms with Crippen molar-refractivity contribution in [1.82, 2.24) is 15.1 Å². The minimum absolute atomic E-state index is 0.0804. The highest BCUT2D eigenvalue weighted by atomic mass is 35.5. The number of nitrogen functional groups attached to an aromatic ring is 1. The molecule has 2 heterocycles. The molecule has 1 aliphatic heterocycles. The molecule has 1 aromatic rings. The van der Waals surface area contributed by atoms with E-state index in [1.165, 1.54) is 0 Å². The van der Waals surface area contributed by atoms with Gasteiger partial charge in [0.1, 0.15) is 10.7 Å². The first-order chi connectivity index (χ1) is 8.15. The molecule has 17 heavy (non-hydrogen) atoms. The van der Waals surface area contributed by atoms with E-state index < -0.39 is 0 Å². The second-order valence-corrected chi connectivity index (χ2v) is 4.31. The molecule has 0 bridgehead atoms. The Bertz CT molecular complexity index is 420. The fourth-order valence-corrected chi connectivity index (χ4v) is 2.05. The Balaban J connectivity index is 2.21. The average Bonchev–Trinajstić information content (AvgIpc) is 2.69. The van der Waals surface area contributed by atoms with Crippen LogP contribution in [0.25, 0.3) is 0 Å². The predicted octanol–water partition coefficient (Wildman–Crippen LogP) is 0.896. The number of halogens is 1. The lowest BCUT2D eigenvalue weighted by atomic mass is 10.1. The Kier molecular flexibility index (Phi) is 3.54. The summed E-state index contributed by atoms with van der Waals surface area (Å²) in [6.45, 7) is 3.68. The van der Waals surface area contributed by atoms with Crippen molar-refractivity contribution in [2.24, 2.45) is 0 Å². The maximum absolute atomic E-state index is 12.3. The number of nitrogens with two attached hydrogens (primary N) is 1. The van der Waals surface area contributed by atoms with Crippen LogP contribution in [0.5, 0.6) is 0 Å². The minimum Gasteiger partial charge on any atom is -0.381 e. The van der Waals surface area contributed by atoms with E-state index in [9.17, 15) is 4.79 Å². The van der Waals surface area contributed by atoms with Gasteiger partial charge in [-0.25, -0.2) is 0 Å². The molecular weight excluding hydrogens is 244 g/mol. The molecule has 1 saturated heterocycles. The molecule has 6 nitrogen and oxygen atoms in total. The van der Waals surface area contributed by atoms with Gasteiger partial charge in [0, 0.05) is 6.54 Å². The molecule has 0 saturated carbocycles. The summed E-state index contributed by atoms with van der Waals surface area (Å²) in [6.07, 6.45) is 0.840. The van der Waals surface area contributed by atoms with Gasteiger partial charge in [0.25, 0.3) is 5.91 Å². The largest absolute Gasteiger partial charge is 0.381 e. The summed E-state index contributed by atoms with van der Waals surface area (Å²) in [5.41, 5.74) is 5.76. The monoisotopic (exact) mass is 258 g/mol. The topological polar surface area (TPSA) is 84.2 Å². The van der Waals surface area contributed by atoms with Gasteiger partial charge in [-0.15, -0.1) is 0 Å². The van der Waals surface area contributed by atoms with Crippen LogP contribution in [-0.4, -0.2) is 46.8 Å². The molecule has 1 amide bonds. The van der Waals surface area contributed by atoms with Gasteiger partial charge in [-0.2, -0.15) is 5.10 Å². The second-order valence-electron chi connectivity index (χ2n) is 3.93.